The SMILES string of the molecule is COc1c(N2CC3CCCN(C(C)=O)C3C2)c(F)cc2c(=O)c(C(=O)C=Cc3ccc(=C=O)c(=C=O)c3)cn(C3CC3)c12. The Morgan fingerprint density at radius 3 is 2.51 bits per heavy atom. The van der Waals surface area contributed by atoms with Crippen molar-refractivity contribution in [1.29, 1.82) is 0 Å². The van der Waals surface area contributed by atoms with E-state index in [4.69, 9.17) is 4.74 Å². The fourth-order valence-electron chi connectivity index (χ4n) is 6.60. The van der Waals surface area contributed by atoms with Crippen LogP contribution in [0.1, 0.15) is 54.6 Å². The lowest BCUT2D eigenvalue weighted by Gasteiger charge is -2.36. The number of hydrogen-bond acceptors (Lipinski definition) is 7. The molecule has 1 aromatic heterocycles. The monoisotopic (exact) mass is 583 g/mol. The van der Waals surface area contributed by atoms with Gasteiger partial charge >= 0.3 is 0 Å². The number of amides is 1. The van der Waals surface area contributed by atoms with E-state index in [1.165, 1.54) is 43.7 Å². The molecule has 9 nitrogen and oxygen atoms in total. The predicted molar refractivity (Wildman–Crippen MR) is 158 cm³/mol. The van der Waals surface area contributed by atoms with Gasteiger partial charge in [-0.05, 0) is 61.4 Å². The van der Waals surface area contributed by atoms with Gasteiger partial charge in [0.1, 0.15) is 17.6 Å². The minimum Gasteiger partial charge on any atom is -0.492 e. The molecule has 3 heterocycles. The molecule has 3 fully saturated rings. The highest BCUT2D eigenvalue weighted by Crippen LogP contribution is 2.45. The highest BCUT2D eigenvalue weighted by molar-refractivity contribution is 6.08. The van der Waals surface area contributed by atoms with Crippen LogP contribution in [-0.2, 0) is 14.4 Å². The topological polar surface area (TPSA) is 106 Å². The van der Waals surface area contributed by atoms with Gasteiger partial charge in [-0.15, -0.1) is 0 Å². The number of rotatable bonds is 6. The van der Waals surface area contributed by atoms with Crippen molar-refractivity contribution in [3.05, 3.63) is 74.1 Å². The zero-order chi connectivity index (χ0) is 30.4. The van der Waals surface area contributed by atoms with Gasteiger partial charge < -0.3 is 19.1 Å². The number of likely N-dealkylation sites (tertiary alicyclic amines) is 1. The molecular weight excluding hydrogens is 553 g/mol. The number of nitrogens with zero attached hydrogens (tertiary/aromatic N) is 3. The van der Waals surface area contributed by atoms with Crippen molar-refractivity contribution in [3.63, 3.8) is 0 Å². The number of benzene rings is 2. The molecule has 2 aromatic carbocycles. The maximum absolute atomic E-state index is 16.0. The molecule has 1 saturated carbocycles. The number of piperidine rings is 1. The smallest absolute Gasteiger partial charge is 0.219 e. The molecule has 2 unspecified atom stereocenters. The van der Waals surface area contributed by atoms with Gasteiger partial charge in [-0.25, -0.2) is 14.0 Å². The van der Waals surface area contributed by atoms with Crippen LogP contribution in [0.15, 0.2) is 41.3 Å². The fourth-order valence-corrected chi connectivity index (χ4v) is 6.60. The Balaban J connectivity index is 1.43. The van der Waals surface area contributed by atoms with Gasteiger partial charge in [0.05, 0.1) is 40.1 Å². The van der Waals surface area contributed by atoms with Crippen molar-refractivity contribution in [1.82, 2.24) is 9.47 Å². The molecule has 43 heavy (non-hydrogen) atoms. The molecule has 10 heteroatoms. The van der Waals surface area contributed by atoms with E-state index in [-0.39, 0.29) is 56.7 Å². The Hall–Kier alpha value is -4.78. The normalized spacial score (nSPS) is 19.8. The highest BCUT2D eigenvalue weighted by Gasteiger charge is 2.42. The van der Waals surface area contributed by atoms with E-state index in [0.717, 1.165) is 25.7 Å². The number of aromatic nitrogens is 1. The zero-order valence-electron chi connectivity index (χ0n) is 23.9. The predicted octanol–water partition coefficient (Wildman–Crippen LogP) is 1.83. The molecule has 220 valence electrons. The summed E-state index contributed by atoms with van der Waals surface area (Å²) in [5, 5.41) is 0.116. The fraction of sp³-hybridized carbons (Fsp3) is 0.364. The van der Waals surface area contributed by atoms with Crippen molar-refractivity contribution in [3.8, 4) is 5.75 Å². The number of methoxy groups -OCH3 is 1. The molecule has 0 radical (unpaired) electrons. The Morgan fingerprint density at radius 2 is 1.84 bits per heavy atom. The van der Waals surface area contributed by atoms with E-state index in [1.54, 1.807) is 24.9 Å². The van der Waals surface area contributed by atoms with Gasteiger partial charge in [-0.3, -0.25) is 14.4 Å². The molecule has 0 bridgehead atoms. The molecule has 2 saturated heterocycles. The first-order chi connectivity index (χ1) is 20.7. The third-order valence-corrected chi connectivity index (χ3v) is 8.80. The van der Waals surface area contributed by atoms with Gasteiger partial charge in [0.2, 0.25) is 11.3 Å². The van der Waals surface area contributed by atoms with Crippen molar-refractivity contribution in [2.45, 2.75) is 44.7 Å². The minimum atomic E-state index is -0.623. The second kappa shape index (κ2) is 11.1. The average molecular weight is 584 g/mol. The van der Waals surface area contributed by atoms with E-state index >= 15 is 4.39 Å². The number of fused-ring (bicyclic) bond motifs is 2. The van der Waals surface area contributed by atoms with Crippen LogP contribution in [0.2, 0.25) is 0 Å². The molecule has 3 aliphatic rings. The van der Waals surface area contributed by atoms with Crippen LogP contribution in [-0.4, -0.2) is 65.8 Å². The summed E-state index contributed by atoms with van der Waals surface area (Å²) in [6, 6.07) is 5.54. The largest absolute Gasteiger partial charge is 0.492 e. The summed E-state index contributed by atoms with van der Waals surface area (Å²) in [7, 11) is 1.45. The van der Waals surface area contributed by atoms with Gasteiger partial charge in [-0.1, -0.05) is 12.1 Å². The van der Waals surface area contributed by atoms with E-state index in [9.17, 15) is 24.0 Å². The lowest BCUT2D eigenvalue weighted by atomic mass is 9.92. The third-order valence-electron chi connectivity index (χ3n) is 8.80. The Labute approximate surface area is 246 Å². The van der Waals surface area contributed by atoms with E-state index in [1.807, 2.05) is 14.4 Å². The van der Waals surface area contributed by atoms with E-state index in [2.05, 4.69) is 0 Å². The number of hydrogen-bond donors (Lipinski definition) is 0. The van der Waals surface area contributed by atoms with Gasteiger partial charge in [-0.2, -0.15) is 0 Å². The quantitative estimate of drug-likeness (QED) is 0.322. The van der Waals surface area contributed by atoms with Crippen LogP contribution in [0.25, 0.3) is 17.0 Å². The highest BCUT2D eigenvalue weighted by atomic mass is 19.1. The summed E-state index contributed by atoms with van der Waals surface area (Å²) in [4.78, 5) is 65.2. The second-order valence-corrected chi connectivity index (χ2v) is 11.4. The summed E-state index contributed by atoms with van der Waals surface area (Å²) < 4.78 is 23.7. The molecule has 1 aliphatic carbocycles. The molecule has 0 N–H and O–H groups in total. The van der Waals surface area contributed by atoms with Crippen LogP contribution in [0.4, 0.5) is 10.1 Å². The van der Waals surface area contributed by atoms with Crippen LogP contribution in [0, 0.1) is 11.7 Å². The molecular formula is C33H30FN3O6. The summed E-state index contributed by atoms with van der Waals surface area (Å²) in [6.07, 6.45) is 7.69. The molecule has 2 aliphatic heterocycles. The first-order valence-electron chi connectivity index (χ1n) is 14.4. The number of ether oxygens (including phenoxy) is 1. The van der Waals surface area contributed by atoms with Crippen molar-refractivity contribution >= 4 is 46.2 Å². The number of pyridine rings is 1. The molecule has 1 amide bonds. The lowest BCUT2D eigenvalue weighted by Crippen LogP contribution is -2.47. The summed E-state index contributed by atoms with van der Waals surface area (Å²) in [6.45, 7) is 3.28. The van der Waals surface area contributed by atoms with Crippen LogP contribution >= 0.6 is 0 Å². The van der Waals surface area contributed by atoms with Gasteiger partial charge in [0.25, 0.3) is 0 Å². The van der Waals surface area contributed by atoms with Crippen LogP contribution in [0.5, 0.6) is 5.75 Å². The second-order valence-electron chi connectivity index (χ2n) is 11.4. The molecule has 2 atom stereocenters. The number of carbonyl (C=O) groups is 2. The first kappa shape index (κ1) is 28.3. The van der Waals surface area contributed by atoms with Crippen LogP contribution in [0.3, 0.4) is 0 Å². The Kier molecular flexibility index (Phi) is 7.34. The maximum atomic E-state index is 16.0. The third kappa shape index (κ3) is 4.99. The zero-order valence-corrected chi connectivity index (χ0v) is 23.9. The summed E-state index contributed by atoms with van der Waals surface area (Å²) >= 11 is 0. The first-order valence-corrected chi connectivity index (χ1v) is 14.4. The average Bonchev–Trinajstić information content (AvgIpc) is 3.76. The summed E-state index contributed by atoms with van der Waals surface area (Å²) in [5.74, 6) is 2.59. The van der Waals surface area contributed by atoms with Gasteiger partial charge in [0, 0.05) is 38.8 Å². The molecule has 6 rings (SSSR count). The Morgan fingerprint density at radius 1 is 1.07 bits per heavy atom. The maximum Gasteiger partial charge on any atom is 0.219 e. The number of allylic oxidation sites excluding steroid dienone is 1. The van der Waals surface area contributed by atoms with E-state index < -0.39 is 17.0 Å². The number of carbonyl (C=O) groups excluding carboxylic acids is 4. The number of halogens is 1. The minimum absolute atomic E-state index is 0.00955. The van der Waals surface area contributed by atoms with Crippen molar-refractivity contribution in [2.24, 2.45) is 5.92 Å². The van der Waals surface area contributed by atoms with Crippen LogP contribution < -0.4 is 25.5 Å². The summed E-state index contributed by atoms with van der Waals surface area (Å²) in [5.41, 5.74) is 0.433. The molecule has 3 aromatic rings. The lowest BCUT2D eigenvalue weighted by molar-refractivity contribution is -0.132. The number of anilines is 1. The van der Waals surface area contributed by atoms with E-state index in [0.29, 0.717) is 30.7 Å². The molecule has 0 spiro atoms. The van der Waals surface area contributed by atoms with Crippen molar-refractivity contribution in [2.75, 3.05) is 31.6 Å². The van der Waals surface area contributed by atoms with Crippen molar-refractivity contribution < 1.29 is 28.3 Å². The van der Waals surface area contributed by atoms with Gasteiger partial charge in [0.15, 0.2) is 17.3 Å². The standard InChI is InChI=1S/C33H30FN3O6/c1-19(40)36-11-3-4-21-14-35(16-28(21)36)31-27(34)13-25-30(33(31)43-2)37(24-8-9-24)15-26(32(25)42)29(41)10-6-20-5-7-22(17-38)23(12-20)18-39/h5-7,10,12-13,15,21,24,28H,3-4,8-9,11,14,16H2,1-2H3. The Bertz CT molecular complexity index is 1930. The number of ketones is 1.